The van der Waals surface area contributed by atoms with Crippen LogP contribution in [-0.2, 0) is 20.6 Å². The number of β-lactam (4-membered cyclic amide) rings is 1. The van der Waals surface area contributed by atoms with Crippen LogP contribution in [0.1, 0.15) is 16.4 Å². The van der Waals surface area contributed by atoms with Gasteiger partial charge in [0.2, 0.25) is 11.5 Å². The number of hydrogen-bond donors (Lipinski definition) is 4. The van der Waals surface area contributed by atoms with Crippen LogP contribution in [0, 0.1) is 0 Å². The molecule has 18 heteroatoms. The quantitative estimate of drug-likeness (QED) is 0.177. The Labute approximate surface area is 205 Å². The number of halogens is 3. The van der Waals surface area contributed by atoms with E-state index in [2.05, 4.69) is 24.8 Å². The van der Waals surface area contributed by atoms with Crippen molar-refractivity contribution in [2.75, 3.05) is 11.5 Å². The number of carboxylic acids is 1. The topological polar surface area (TPSA) is 184 Å². The third kappa shape index (κ3) is 4.58. The zero-order chi connectivity index (χ0) is 25.5. The molecule has 2 atom stereocenters. The molecule has 1 saturated heterocycles. The van der Waals surface area contributed by atoms with Crippen molar-refractivity contribution in [3.05, 3.63) is 39.3 Å². The lowest BCUT2D eigenvalue weighted by atomic mass is 10.0. The molecule has 2 aliphatic rings. The zero-order valence-electron chi connectivity index (χ0n) is 16.9. The van der Waals surface area contributed by atoms with E-state index in [4.69, 9.17) is 10.9 Å². The Hall–Kier alpha value is -3.51. The van der Waals surface area contributed by atoms with Gasteiger partial charge in [0.15, 0.2) is 10.8 Å². The minimum absolute atomic E-state index is 0.0141. The first kappa shape index (κ1) is 24.6. The number of nitrogens with two attached hydrogens (primary N) is 1. The molecular weight excluding hydrogens is 535 g/mol. The minimum Gasteiger partial charge on any atom is -0.477 e. The first-order valence-corrected chi connectivity index (χ1v) is 12.0. The number of anilines is 1. The standard InChI is InChI=1S/C17H12F3N7O5S3/c18-17(19,20)10-6(34-4-22-10)2-1-5-3-33-14-8(13(29)27(14)9(5)15(30)31)23-12(28)7(25-32)11-24-16(21)35-26-11/h1-2,4,8,14,32H,3H2,(H,23,28)(H,30,31)(H2,21,24,26)/t8?,14-/m0/s1. The van der Waals surface area contributed by atoms with Crippen molar-refractivity contribution < 1.29 is 37.9 Å². The average molecular weight is 548 g/mol. The Morgan fingerprint density at radius 2 is 2.09 bits per heavy atom. The summed E-state index contributed by atoms with van der Waals surface area (Å²) in [5, 5.41) is 23.2. The van der Waals surface area contributed by atoms with Crippen LogP contribution in [0.5, 0.6) is 0 Å². The fraction of sp³-hybridized carbons (Fsp3) is 0.235. The number of oxime groups is 1. The minimum atomic E-state index is -4.68. The molecule has 2 amide bonds. The predicted molar refractivity (Wildman–Crippen MR) is 118 cm³/mol. The van der Waals surface area contributed by atoms with Crippen molar-refractivity contribution in [2.24, 2.45) is 5.16 Å². The number of amides is 2. The normalized spacial score (nSPS) is 20.7. The van der Waals surface area contributed by atoms with Crippen LogP contribution in [-0.4, -0.2) is 70.2 Å². The number of carbonyl (C=O) groups excluding carboxylic acids is 2. The molecule has 4 heterocycles. The Balaban J connectivity index is 1.54. The molecule has 0 aliphatic carbocycles. The number of hydrogen-bond acceptors (Lipinski definition) is 12. The van der Waals surface area contributed by atoms with Gasteiger partial charge in [0.25, 0.3) is 11.8 Å². The van der Waals surface area contributed by atoms with E-state index in [1.807, 2.05) is 0 Å². The first-order chi connectivity index (χ1) is 16.5. The van der Waals surface area contributed by atoms with E-state index in [0.29, 0.717) is 0 Å². The summed E-state index contributed by atoms with van der Waals surface area (Å²) in [5.41, 5.74) is 4.48. The van der Waals surface area contributed by atoms with E-state index in [-0.39, 0.29) is 27.2 Å². The second-order valence-corrected chi connectivity index (χ2v) is 9.62. The van der Waals surface area contributed by atoms with E-state index >= 15 is 0 Å². The molecule has 12 nitrogen and oxygen atoms in total. The summed E-state index contributed by atoms with van der Waals surface area (Å²) < 4.78 is 42.9. The lowest BCUT2D eigenvalue weighted by molar-refractivity contribution is -0.150. The van der Waals surface area contributed by atoms with Crippen molar-refractivity contribution in [1.29, 1.82) is 0 Å². The van der Waals surface area contributed by atoms with Crippen LogP contribution in [0.3, 0.4) is 0 Å². The Morgan fingerprint density at radius 1 is 1.34 bits per heavy atom. The van der Waals surface area contributed by atoms with Crippen LogP contribution >= 0.6 is 34.6 Å². The highest BCUT2D eigenvalue weighted by Gasteiger charge is 2.54. The van der Waals surface area contributed by atoms with Gasteiger partial charge in [-0.05, 0) is 11.6 Å². The number of nitrogen functional groups attached to an aromatic ring is 1. The highest BCUT2D eigenvalue weighted by molar-refractivity contribution is 8.00. The van der Waals surface area contributed by atoms with Gasteiger partial charge in [0, 0.05) is 17.3 Å². The lowest BCUT2D eigenvalue weighted by Crippen LogP contribution is -2.71. The third-order valence-corrected chi connectivity index (χ3v) is 7.39. The smallest absolute Gasteiger partial charge is 0.434 e. The van der Waals surface area contributed by atoms with Crippen LogP contribution in [0.4, 0.5) is 18.3 Å². The summed E-state index contributed by atoms with van der Waals surface area (Å²) in [7, 11) is 0. The van der Waals surface area contributed by atoms with E-state index in [1.165, 1.54) is 6.08 Å². The summed E-state index contributed by atoms with van der Waals surface area (Å²) in [6, 6.07) is -1.15. The number of nitrogens with zero attached hydrogens (tertiary/aromatic N) is 5. The van der Waals surface area contributed by atoms with Crippen molar-refractivity contribution in [3.63, 3.8) is 0 Å². The maximum absolute atomic E-state index is 13.0. The fourth-order valence-corrected chi connectivity index (χ4v) is 5.72. The number of carbonyl (C=O) groups is 3. The lowest BCUT2D eigenvalue weighted by Gasteiger charge is -2.49. The molecule has 0 spiro atoms. The second kappa shape index (κ2) is 9.27. The van der Waals surface area contributed by atoms with Gasteiger partial charge in [-0.25, -0.2) is 9.78 Å². The van der Waals surface area contributed by atoms with Gasteiger partial charge >= 0.3 is 12.1 Å². The molecule has 0 aromatic carbocycles. The highest BCUT2D eigenvalue weighted by atomic mass is 32.2. The van der Waals surface area contributed by atoms with E-state index < -0.39 is 52.5 Å². The van der Waals surface area contributed by atoms with Crippen LogP contribution in [0.25, 0.3) is 6.08 Å². The molecule has 0 saturated carbocycles. The Morgan fingerprint density at radius 3 is 2.69 bits per heavy atom. The van der Waals surface area contributed by atoms with Gasteiger partial charge in [0.05, 0.1) is 10.4 Å². The molecular formula is C17H12F3N7O5S3. The SMILES string of the molecule is Nc1nc(C(=NO)C(=O)NC2C(=O)N3C(C(=O)O)=C(C=Cc4scnc4C(F)(F)F)CS[C@@H]23)ns1. The second-order valence-electron chi connectivity index (χ2n) is 6.84. The Bertz CT molecular complexity index is 1300. The number of fused-ring (bicyclic) bond motifs is 1. The molecule has 5 N–H and O–H groups in total. The van der Waals surface area contributed by atoms with Crippen molar-refractivity contribution in [3.8, 4) is 0 Å². The van der Waals surface area contributed by atoms with Crippen LogP contribution in [0.2, 0.25) is 0 Å². The molecule has 1 unspecified atom stereocenters. The number of thioether (sulfide) groups is 1. The van der Waals surface area contributed by atoms with Gasteiger partial charge in [-0.15, -0.1) is 23.1 Å². The van der Waals surface area contributed by atoms with Crippen molar-refractivity contribution >= 4 is 69.3 Å². The number of aliphatic carboxylic acids is 1. The van der Waals surface area contributed by atoms with E-state index in [1.54, 1.807) is 0 Å². The van der Waals surface area contributed by atoms with Crippen LogP contribution < -0.4 is 11.1 Å². The van der Waals surface area contributed by atoms with Crippen molar-refractivity contribution in [2.45, 2.75) is 17.6 Å². The third-order valence-electron chi connectivity index (χ3n) is 4.75. The van der Waals surface area contributed by atoms with Gasteiger partial charge in [-0.3, -0.25) is 14.5 Å². The Kier molecular flexibility index (Phi) is 6.52. The number of nitrogens with one attached hydrogen (secondary N) is 1. The molecule has 1 fully saturated rings. The number of thiazole rings is 1. The van der Waals surface area contributed by atoms with Crippen molar-refractivity contribution in [1.82, 2.24) is 24.6 Å². The summed E-state index contributed by atoms with van der Waals surface area (Å²) in [4.78, 5) is 44.9. The number of aromatic nitrogens is 3. The number of carboxylic acid groups (broad SMARTS) is 1. The number of rotatable bonds is 6. The van der Waals surface area contributed by atoms with Crippen LogP contribution in [0.15, 0.2) is 28.0 Å². The van der Waals surface area contributed by atoms with Gasteiger partial charge in [0.1, 0.15) is 17.1 Å². The average Bonchev–Trinajstić information content (AvgIpc) is 3.44. The predicted octanol–water partition coefficient (Wildman–Crippen LogP) is 1.23. The molecule has 2 aromatic heterocycles. The fourth-order valence-electron chi connectivity index (χ4n) is 3.27. The maximum atomic E-state index is 13.0. The molecule has 35 heavy (non-hydrogen) atoms. The summed E-state index contributed by atoms with van der Waals surface area (Å²) in [6.07, 6.45) is -2.38. The number of allylic oxidation sites excluding steroid dienone is 1. The highest BCUT2D eigenvalue weighted by Crippen LogP contribution is 2.41. The maximum Gasteiger partial charge on any atom is 0.434 e. The molecule has 0 bridgehead atoms. The van der Waals surface area contributed by atoms with E-state index in [9.17, 15) is 32.7 Å². The summed E-state index contributed by atoms with van der Waals surface area (Å²) >= 11 is 2.58. The zero-order valence-corrected chi connectivity index (χ0v) is 19.3. The first-order valence-electron chi connectivity index (χ1n) is 9.25. The molecule has 0 radical (unpaired) electrons. The van der Waals surface area contributed by atoms with Gasteiger partial charge in [-0.1, -0.05) is 11.2 Å². The van der Waals surface area contributed by atoms with Gasteiger partial charge < -0.3 is 21.4 Å². The molecule has 184 valence electrons. The van der Waals surface area contributed by atoms with E-state index in [0.717, 1.165) is 51.1 Å². The largest absolute Gasteiger partial charge is 0.477 e. The molecule has 4 rings (SSSR count). The summed E-state index contributed by atoms with van der Waals surface area (Å²) in [6.45, 7) is 0. The molecule has 2 aliphatic heterocycles. The number of alkyl halides is 3. The summed E-state index contributed by atoms with van der Waals surface area (Å²) in [5.74, 6) is -3.44. The van der Waals surface area contributed by atoms with Gasteiger partial charge in [-0.2, -0.15) is 22.5 Å². The monoisotopic (exact) mass is 547 g/mol. The molecule has 2 aromatic rings.